The molecule has 6 atom stereocenters. The normalized spacial score (nSPS) is 15.6. The van der Waals surface area contributed by atoms with Crippen LogP contribution in [-0.2, 0) is 52.5 Å². The third-order valence-corrected chi connectivity index (χ3v) is 5.13. The zero-order chi connectivity index (χ0) is 28.7. The van der Waals surface area contributed by atoms with Crippen molar-refractivity contribution < 1.29 is 62.7 Å². The minimum atomic E-state index is -1.46. The summed E-state index contributed by atoms with van der Waals surface area (Å²) in [6, 6.07) is 0. The van der Waals surface area contributed by atoms with Crippen LogP contribution < -0.4 is 0 Å². The molecular weight excluding hydrogens is 496 g/mol. The number of rotatable bonds is 17. The highest BCUT2D eigenvalue weighted by atomic mass is 16.6. The summed E-state index contributed by atoms with van der Waals surface area (Å²) in [5.41, 5.74) is 0. The van der Waals surface area contributed by atoms with Gasteiger partial charge in [0.2, 0.25) is 0 Å². The molecule has 13 heteroatoms. The van der Waals surface area contributed by atoms with Crippen LogP contribution >= 0.6 is 0 Å². The summed E-state index contributed by atoms with van der Waals surface area (Å²) in [5.74, 6) is -6.58. The predicted molar refractivity (Wildman–Crippen MR) is 125 cm³/mol. The van der Waals surface area contributed by atoms with E-state index in [4.69, 9.17) is 28.8 Å². The summed E-state index contributed by atoms with van der Waals surface area (Å²) in [7, 11) is 0. The maximum Gasteiger partial charge on any atom is 0.348 e. The number of ether oxygens (including phenoxy) is 5. The average molecular weight is 535 g/mol. The molecule has 0 unspecified atom stereocenters. The number of carbonyl (C=O) groups is 6. The topological polar surface area (TPSA) is 189 Å². The van der Waals surface area contributed by atoms with Crippen LogP contribution in [0.5, 0.6) is 0 Å². The molecule has 0 aliphatic rings. The van der Waals surface area contributed by atoms with Gasteiger partial charge in [0.25, 0.3) is 0 Å². The van der Waals surface area contributed by atoms with Gasteiger partial charge in [-0.3, -0.25) is 0 Å². The van der Waals surface area contributed by atoms with Crippen molar-refractivity contribution in [3.8, 4) is 0 Å². The summed E-state index contributed by atoms with van der Waals surface area (Å²) < 4.78 is 25.2. The Morgan fingerprint density at radius 1 is 0.459 bits per heavy atom. The molecule has 0 amide bonds. The van der Waals surface area contributed by atoms with Gasteiger partial charge in [-0.05, 0) is 38.5 Å². The zero-order valence-electron chi connectivity index (χ0n) is 22.1. The van der Waals surface area contributed by atoms with Crippen molar-refractivity contribution in [2.45, 2.75) is 117 Å². The fraction of sp³-hybridized carbons (Fsp3) is 0.750. The van der Waals surface area contributed by atoms with Crippen molar-refractivity contribution in [3.63, 3.8) is 0 Å². The maximum absolute atomic E-state index is 12.6. The smallest absolute Gasteiger partial charge is 0.348 e. The monoisotopic (exact) mass is 534 g/mol. The number of aliphatic carboxylic acids is 1. The standard InChI is InChI=1S/C24H38O13/c1-7-13(25)20(28)34-15(9-3)22(30)36-17(11-5)24(32)37-18(12-6)23(31)35-16(10-4)21(29)33-14(8-2)19(26)27/h13-18,25H,7-12H2,1-6H3,(H,26,27)/t13-,14-,15-,16-,17-,18-/m0/s1. The number of aliphatic hydroxyl groups excluding tert-OH is 1. The molecule has 0 aromatic rings. The summed E-state index contributed by atoms with van der Waals surface area (Å²) in [6.45, 7) is 9.12. The highest BCUT2D eigenvalue weighted by Crippen LogP contribution is 2.14. The molecule has 0 aliphatic heterocycles. The van der Waals surface area contributed by atoms with Crippen LogP contribution in [0.2, 0.25) is 0 Å². The number of carboxylic acids is 1. The molecule has 0 radical (unpaired) electrons. The van der Waals surface area contributed by atoms with Gasteiger partial charge in [-0.1, -0.05) is 41.5 Å². The fourth-order valence-corrected chi connectivity index (χ4v) is 2.75. The van der Waals surface area contributed by atoms with Gasteiger partial charge in [0.15, 0.2) is 36.6 Å². The number of esters is 5. The number of carboxylic acid groups (broad SMARTS) is 1. The van der Waals surface area contributed by atoms with Gasteiger partial charge in [-0.25, -0.2) is 28.8 Å². The Labute approximate surface area is 215 Å². The van der Waals surface area contributed by atoms with Crippen LogP contribution in [0.15, 0.2) is 0 Å². The Balaban J connectivity index is 5.23. The molecule has 0 aromatic carbocycles. The van der Waals surface area contributed by atoms with E-state index in [1.165, 1.54) is 34.6 Å². The van der Waals surface area contributed by atoms with Gasteiger partial charge in [0.05, 0.1) is 0 Å². The molecule has 0 heterocycles. The van der Waals surface area contributed by atoms with Crippen molar-refractivity contribution in [3.05, 3.63) is 0 Å². The Bertz CT molecular complexity index is 794. The first-order chi connectivity index (χ1) is 17.4. The molecule has 0 spiro atoms. The van der Waals surface area contributed by atoms with E-state index in [0.717, 1.165) is 0 Å². The Kier molecular flexibility index (Phi) is 15.8. The zero-order valence-corrected chi connectivity index (χ0v) is 22.1. The van der Waals surface area contributed by atoms with Crippen molar-refractivity contribution in [2.24, 2.45) is 0 Å². The van der Waals surface area contributed by atoms with E-state index in [1.54, 1.807) is 6.92 Å². The van der Waals surface area contributed by atoms with Gasteiger partial charge in [-0.15, -0.1) is 0 Å². The van der Waals surface area contributed by atoms with Crippen molar-refractivity contribution in [1.29, 1.82) is 0 Å². The second-order valence-electron chi connectivity index (χ2n) is 7.93. The molecule has 13 nitrogen and oxygen atoms in total. The lowest BCUT2D eigenvalue weighted by atomic mass is 10.2. The second kappa shape index (κ2) is 17.3. The lowest BCUT2D eigenvalue weighted by Gasteiger charge is -2.23. The average Bonchev–Trinajstić information content (AvgIpc) is 2.88. The van der Waals surface area contributed by atoms with Crippen molar-refractivity contribution in [2.75, 3.05) is 0 Å². The molecule has 212 valence electrons. The number of carbonyl (C=O) groups excluding carboxylic acids is 5. The molecule has 0 aliphatic carbocycles. The number of aliphatic hydroxyl groups is 1. The summed E-state index contributed by atoms with van der Waals surface area (Å²) in [5, 5.41) is 18.6. The number of hydrogen-bond donors (Lipinski definition) is 2. The lowest BCUT2D eigenvalue weighted by molar-refractivity contribution is -0.190. The van der Waals surface area contributed by atoms with E-state index >= 15 is 0 Å². The molecule has 0 aromatic heterocycles. The van der Waals surface area contributed by atoms with Gasteiger partial charge < -0.3 is 33.9 Å². The van der Waals surface area contributed by atoms with Gasteiger partial charge in [-0.2, -0.15) is 0 Å². The molecule has 0 bridgehead atoms. The summed E-state index contributed by atoms with van der Waals surface area (Å²) >= 11 is 0. The molecule has 0 saturated heterocycles. The third-order valence-electron chi connectivity index (χ3n) is 5.13. The van der Waals surface area contributed by atoms with Crippen molar-refractivity contribution in [1.82, 2.24) is 0 Å². The highest BCUT2D eigenvalue weighted by Gasteiger charge is 2.35. The largest absolute Gasteiger partial charge is 0.479 e. The fourth-order valence-electron chi connectivity index (χ4n) is 2.75. The quantitative estimate of drug-likeness (QED) is 0.202. The van der Waals surface area contributed by atoms with Crippen LogP contribution in [0.4, 0.5) is 0 Å². The minimum absolute atomic E-state index is 0.00898. The third kappa shape index (κ3) is 11.1. The Morgan fingerprint density at radius 2 is 0.703 bits per heavy atom. The first-order valence-electron chi connectivity index (χ1n) is 12.3. The minimum Gasteiger partial charge on any atom is -0.479 e. The van der Waals surface area contributed by atoms with Gasteiger partial charge in [0, 0.05) is 0 Å². The van der Waals surface area contributed by atoms with Crippen LogP contribution in [0.3, 0.4) is 0 Å². The summed E-state index contributed by atoms with van der Waals surface area (Å²) in [4.78, 5) is 72.7. The van der Waals surface area contributed by atoms with Crippen molar-refractivity contribution >= 4 is 35.8 Å². The highest BCUT2D eigenvalue weighted by molar-refractivity contribution is 5.87. The van der Waals surface area contributed by atoms with E-state index in [2.05, 4.69) is 0 Å². The lowest BCUT2D eigenvalue weighted by Crippen LogP contribution is -2.41. The van der Waals surface area contributed by atoms with Gasteiger partial charge in [0.1, 0.15) is 0 Å². The van der Waals surface area contributed by atoms with E-state index in [9.17, 15) is 33.9 Å². The first-order valence-corrected chi connectivity index (χ1v) is 12.3. The van der Waals surface area contributed by atoms with Gasteiger partial charge >= 0.3 is 35.8 Å². The molecule has 2 N–H and O–H groups in total. The van der Waals surface area contributed by atoms with Crippen LogP contribution in [0.25, 0.3) is 0 Å². The Hall–Kier alpha value is -3.22. The first kappa shape index (κ1) is 33.8. The van der Waals surface area contributed by atoms with Crippen LogP contribution in [-0.4, -0.2) is 82.7 Å². The molecule has 0 saturated carbocycles. The second-order valence-corrected chi connectivity index (χ2v) is 7.93. The van der Waals surface area contributed by atoms with Crippen LogP contribution in [0, 0.1) is 0 Å². The van der Waals surface area contributed by atoms with E-state index < -0.39 is 72.4 Å². The van der Waals surface area contributed by atoms with E-state index in [0.29, 0.717) is 0 Å². The summed E-state index contributed by atoms with van der Waals surface area (Å²) in [6.07, 6.45) is -8.49. The molecule has 37 heavy (non-hydrogen) atoms. The maximum atomic E-state index is 12.6. The Morgan fingerprint density at radius 3 is 0.919 bits per heavy atom. The van der Waals surface area contributed by atoms with Crippen LogP contribution in [0.1, 0.15) is 80.1 Å². The molecule has 0 fully saturated rings. The molecule has 0 rings (SSSR count). The molecular formula is C24H38O13. The van der Waals surface area contributed by atoms with E-state index in [-0.39, 0.29) is 38.5 Å². The van der Waals surface area contributed by atoms with E-state index in [1.807, 2.05) is 0 Å². The number of hydrogen-bond acceptors (Lipinski definition) is 12. The predicted octanol–water partition coefficient (Wildman–Crippen LogP) is 1.45. The SMILES string of the molecule is CC[C@H](OC(=O)[C@H](CC)OC(=O)[C@H](CC)OC(=O)[C@H](CC)OC(=O)[C@H](CC)OC(=O)[C@@H](O)CC)C(=O)O.